The Morgan fingerprint density at radius 1 is 1.19 bits per heavy atom. The van der Waals surface area contributed by atoms with Crippen molar-refractivity contribution < 1.29 is 4.74 Å². The number of ether oxygens (including phenoxy) is 1. The van der Waals surface area contributed by atoms with Crippen LogP contribution < -0.4 is 10.1 Å². The average molecular weight is 300 g/mol. The lowest BCUT2D eigenvalue weighted by molar-refractivity contribution is 0.415. The molecule has 2 aromatic rings. The van der Waals surface area contributed by atoms with Gasteiger partial charge >= 0.3 is 0 Å². The molecule has 0 radical (unpaired) electrons. The minimum absolute atomic E-state index is 0.712. The van der Waals surface area contributed by atoms with Crippen LogP contribution in [-0.4, -0.2) is 18.1 Å². The molecule has 2 aliphatic carbocycles. The van der Waals surface area contributed by atoms with E-state index in [2.05, 4.69) is 17.4 Å². The summed E-state index contributed by atoms with van der Waals surface area (Å²) in [6.07, 6.45) is 5.29. The summed E-state index contributed by atoms with van der Waals surface area (Å²) in [5, 5.41) is 4.77. The molecule has 1 N–H and O–H groups in total. The molecule has 0 unspecified atom stereocenters. The van der Waals surface area contributed by atoms with Gasteiger partial charge in [-0.15, -0.1) is 11.3 Å². The summed E-state index contributed by atoms with van der Waals surface area (Å²) in [5.74, 6) is 1.61. The number of methoxy groups -OCH3 is 1. The van der Waals surface area contributed by atoms with Crippen molar-refractivity contribution in [1.82, 2.24) is 10.3 Å². The molecule has 1 aromatic carbocycles. The van der Waals surface area contributed by atoms with Gasteiger partial charge in [0.05, 0.1) is 12.8 Å². The predicted molar refractivity (Wildman–Crippen MR) is 85.9 cm³/mol. The van der Waals surface area contributed by atoms with Crippen molar-refractivity contribution in [3.63, 3.8) is 0 Å². The van der Waals surface area contributed by atoms with Gasteiger partial charge in [0.2, 0.25) is 0 Å². The monoisotopic (exact) mass is 300 g/mol. The van der Waals surface area contributed by atoms with Crippen LogP contribution in [0.3, 0.4) is 0 Å². The van der Waals surface area contributed by atoms with Crippen molar-refractivity contribution in [1.29, 1.82) is 0 Å². The fourth-order valence-corrected chi connectivity index (χ4v) is 3.65. The molecule has 110 valence electrons. The van der Waals surface area contributed by atoms with E-state index >= 15 is 0 Å². The van der Waals surface area contributed by atoms with E-state index in [4.69, 9.17) is 9.72 Å². The van der Waals surface area contributed by atoms with E-state index in [1.807, 2.05) is 23.5 Å². The highest BCUT2D eigenvalue weighted by Crippen LogP contribution is 2.44. The van der Waals surface area contributed by atoms with E-state index in [9.17, 15) is 0 Å². The van der Waals surface area contributed by atoms with Crippen molar-refractivity contribution in [3.05, 3.63) is 34.8 Å². The van der Waals surface area contributed by atoms with Crippen LogP contribution in [0.4, 0.5) is 0 Å². The van der Waals surface area contributed by atoms with Crippen LogP contribution in [0, 0.1) is 0 Å². The standard InChI is InChI=1S/C17H20N2OS/c1-20-14-8-4-12(5-9-14)17-19-16(11-2-3-11)15(21-17)10-18-13-6-7-13/h4-5,8-9,11,13,18H,2-3,6-7,10H2,1H3. The van der Waals surface area contributed by atoms with Gasteiger partial charge in [0.1, 0.15) is 10.8 Å². The van der Waals surface area contributed by atoms with E-state index < -0.39 is 0 Å². The number of nitrogens with one attached hydrogen (secondary N) is 1. The molecule has 0 spiro atoms. The van der Waals surface area contributed by atoms with Crippen LogP contribution in [0.1, 0.15) is 42.2 Å². The highest BCUT2D eigenvalue weighted by atomic mass is 32.1. The quantitative estimate of drug-likeness (QED) is 0.877. The lowest BCUT2D eigenvalue weighted by Gasteiger charge is -2.01. The predicted octanol–water partition coefficient (Wildman–Crippen LogP) is 3.95. The molecular formula is C17H20N2OS. The molecule has 2 aliphatic rings. The average Bonchev–Trinajstić information content (AvgIpc) is 3.44. The summed E-state index contributed by atoms with van der Waals surface area (Å²) in [4.78, 5) is 6.37. The normalized spacial score (nSPS) is 18.0. The van der Waals surface area contributed by atoms with Crippen LogP contribution in [-0.2, 0) is 6.54 Å². The Morgan fingerprint density at radius 2 is 1.95 bits per heavy atom. The SMILES string of the molecule is COc1ccc(-c2nc(C3CC3)c(CNC3CC3)s2)cc1. The maximum absolute atomic E-state index is 5.23. The zero-order valence-corrected chi connectivity index (χ0v) is 13.1. The van der Waals surface area contributed by atoms with Gasteiger partial charge in [-0.3, -0.25) is 0 Å². The Labute approximate surface area is 129 Å². The summed E-state index contributed by atoms with van der Waals surface area (Å²) < 4.78 is 5.23. The number of hydrogen-bond acceptors (Lipinski definition) is 4. The topological polar surface area (TPSA) is 34.1 Å². The Kier molecular flexibility index (Phi) is 3.43. The molecule has 0 saturated heterocycles. The molecule has 1 heterocycles. The fourth-order valence-electron chi connectivity index (χ4n) is 2.55. The second-order valence-corrected chi connectivity index (χ2v) is 7.07. The fraction of sp³-hybridized carbons (Fsp3) is 0.471. The Bertz CT molecular complexity index is 627. The molecule has 2 saturated carbocycles. The van der Waals surface area contributed by atoms with Crippen molar-refractivity contribution in [2.45, 2.75) is 44.2 Å². The second-order valence-electron chi connectivity index (χ2n) is 5.99. The summed E-state index contributed by atoms with van der Waals surface area (Å²) in [5.41, 5.74) is 2.54. The van der Waals surface area contributed by atoms with Crippen LogP contribution in [0.5, 0.6) is 5.75 Å². The lowest BCUT2D eigenvalue weighted by atomic mass is 10.2. The van der Waals surface area contributed by atoms with Gasteiger partial charge in [-0.2, -0.15) is 0 Å². The number of benzene rings is 1. The number of thiazole rings is 1. The van der Waals surface area contributed by atoms with Crippen molar-refractivity contribution in [3.8, 4) is 16.3 Å². The third-order valence-electron chi connectivity index (χ3n) is 4.16. The first-order chi connectivity index (χ1) is 10.3. The van der Waals surface area contributed by atoms with Gasteiger partial charge in [-0.1, -0.05) is 0 Å². The van der Waals surface area contributed by atoms with Gasteiger partial charge < -0.3 is 10.1 Å². The lowest BCUT2D eigenvalue weighted by Crippen LogP contribution is -2.15. The van der Waals surface area contributed by atoms with Crippen LogP contribution >= 0.6 is 11.3 Å². The van der Waals surface area contributed by atoms with Crippen molar-refractivity contribution in [2.75, 3.05) is 7.11 Å². The molecule has 4 rings (SSSR count). The van der Waals surface area contributed by atoms with Crippen LogP contribution in [0.25, 0.3) is 10.6 Å². The number of nitrogens with zero attached hydrogens (tertiary/aromatic N) is 1. The molecule has 1 aromatic heterocycles. The maximum Gasteiger partial charge on any atom is 0.123 e. The Morgan fingerprint density at radius 3 is 2.57 bits per heavy atom. The zero-order chi connectivity index (χ0) is 14.2. The summed E-state index contributed by atoms with van der Waals surface area (Å²) in [6.45, 7) is 0.990. The molecule has 21 heavy (non-hydrogen) atoms. The molecule has 4 heteroatoms. The van der Waals surface area contributed by atoms with E-state index in [-0.39, 0.29) is 0 Å². The second kappa shape index (κ2) is 5.43. The largest absolute Gasteiger partial charge is 0.497 e. The first-order valence-electron chi connectivity index (χ1n) is 7.71. The molecule has 2 fully saturated rings. The van der Waals surface area contributed by atoms with Gasteiger partial charge in [0, 0.05) is 28.9 Å². The highest BCUT2D eigenvalue weighted by molar-refractivity contribution is 7.15. The molecule has 0 bridgehead atoms. The van der Waals surface area contributed by atoms with Gasteiger partial charge in [0.25, 0.3) is 0 Å². The molecule has 0 amide bonds. The maximum atomic E-state index is 5.23. The van der Waals surface area contributed by atoms with Gasteiger partial charge in [-0.25, -0.2) is 4.98 Å². The van der Waals surface area contributed by atoms with E-state index in [0.717, 1.165) is 23.3 Å². The number of hydrogen-bond donors (Lipinski definition) is 1. The first-order valence-corrected chi connectivity index (χ1v) is 8.52. The van der Waals surface area contributed by atoms with Crippen LogP contribution in [0.2, 0.25) is 0 Å². The molecule has 0 atom stereocenters. The Hall–Kier alpha value is -1.39. The smallest absolute Gasteiger partial charge is 0.123 e. The Balaban J connectivity index is 1.59. The third kappa shape index (κ3) is 2.97. The number of rotatable bonds is 6. The molecule has 3 nitrogen and oxygen atoms in total. The summed E-state index contributed by atoms with van der Waals surface area (Å²) in [7, 11) is 1.70. The summed E-state index contributed by atoms with van der Waals surface area (Å²) >= 11 is 1.85. The highest BCUT2D eigenvalue weighted by Gasteiger charge is 2.30. The van der Waals surface area contributed by atoms with Crippen LogP contribution in [0.15, 0.2) is 24.3 Å². The molecule has 0 aliphatic heterocycles. The molecular weight excluding hydrogens is 280 g/mol. The minimum Gasteiger partial charge on any atom is -0.497 e. The van der Waals surface area contributed by atoms with Gasteiger partial charge in [0.15, 0.2) is 0 Å². The van der Waals surface area contributed by atoms with Crippen molar-refractivity contribution >= 4 is 11.3 Å². The van der Waals surface area contributed by atoms with E-state index in [1.54, 1.807) is 7.11 Å². The zero-order valence-electron chi connectivity index (χ0n) is 12.3. The third-order valence-corrected chi connectivity index (χ3v) is 5.28. The first kappa shape index (κ1) is 13.3. The van der Waals surface area contributed by atoms with E-state index in [1.165, 1.54) is 41.8 Å². The summed E-state index contributed by atoms with van der Waals surface area (Å²) in [6, 6.07) is 8.98. The van der Waals surface area contributed by atoms with Crippen molar-refractivity contribution in [2.24, 2.45) is 0 Å². The minimum atomic E-state index is 0.712. The number of aromatic nitrogens is 1. The van der Waals surface area contributed by atoms with E-state index in [0.29, 0.717) is 5.92 Å². The van der Waals surface area contributed by atoms with Gasteiger partial charge in [-0.05, 0) is 49.9 Å².